The second-order valence-corrected chi connectivity index (χ2v) is 8.38. The SMILES string of the molecule is CC1OCCN(C(=O)c2cc(NC(=O)OCC3c4ccccc4-c4ccccc43)on2)C1C(=O)O. The predicted molar refractivity (Wildman–Crippen MR) is 123 cm³/mol. The molecule has 1 aliphatic carbocycles. The lowest BCUT2D eigenvalue weighted by molar-refractivity contribution is -0.152. The number of carboxylic acids is 1. The van der Waals surface area contributed by atoms with Gasteiger partial charge in [-0.25, -0.2) is 9.59 Å². The number of carboxylic acid groups (broad SMARTS) is 1. The van der Waals surface area contributed by atoms with Gasteiger partial charge in [-0.15, -0.1) is 0 Å². The first-order valence-corrected chi connectivity index (χ1v) is 11.2. The molecule has 0 spiro atoms. The van der Waals surface area contributed by atoms with Crippen molar-refractivity contribution in [1.29, 1.82) is 0 Å². The number of anilines is 1. The van der Waals surface area contributed by atoms with E-state index in [9.17, 15) is 19.5 Å². The second kappa shape index (κ2) is 9.22. The summed E-state index contributed by atoms with van der Waals surface area (Å²) in [5.41, 5.74) is 4.28. The van der Waals surface area contributed by atoms with Crippen molar-refractivity contribution in [3.8, 4) is 11.1 Å². The van der Waals surface area contributed by atoms with Gasteiger partial charge in [-0.05, 0) is 29.2 Å². The highest BCUT2D eigenvalue weighted by atomic mass is 16.6. The highest BCUT2D eigenvalue weighted by Crippen LogP contribution is 2.44. The van der Waals surface area contributed by atoms with Crippen molar-refractivity contribution in [2.75, 3.05) is 25.1 Å². The van der Waals surface area contributed by atoms with E-state index in [-0.39, 0.29) is 37.3 Å². The van der Waals surface area contributed by atoms with Crippen LogP contribution in [0.4, 0.5) is 10.7 Å². The fourth-order valence-corrected chi connectivity index (χ4v) is 4.70. The van der Waals surface area contributed by atoms with Crippen LogP contribution in [0.25, 0.3) is 11.1 Å². The molecule has 35 heavy (non-hydrogen) atoms. The summed E-state index contributed by atoms with van der Waals surface area (Å²) in [5.74, 6) is -1.99. The Hall–Kier alpha value is -4.18. The molecule has 1 aromatic heterocycles. The first kappa shape index (κ1) is 22.6. The zero-order chi connectivity index (χ0) is 24.5. The van der Waals surface area contributed by atoms with Crippen molar-refractivity contribution in [3.63, 3.8) is 0 Å². The minimum absolute atomic E-state index is 0.0845. The topological polar surface area (TPSA) is 131 Å². The summed E-state index contributed by atoms with van der Waals surface area (Å²) in [4.78, 5) is 38.1. The van der Waals surface area contributed by atoms with Crippen LogP contribution < -0.4 is 5.32 Å². The van der Waals surface area contributed by atoms with Crippen molar-refractivity contribution >= 4 is 23.9 Å². The fraction of sp³-hybridized carbons (Fsp3) is 0.280. The van der Waals surface area contributed by atoms with E-state index >= 15 is 0 Å². The second-order valence-electron chi connectivity index (χ2n) is 8.38. The van der Waals surface area contributed by atoms with E-state index in [0.29, 0.717) is 0 Å². The molecule has 1 saturated heterocycles. The molecule has 2 amide bonds. The number of amides is 2. The predicted octanol–water partition coefficient (Wildman–Crippen LogP) is 3.35. The molecule has 1 fully saturated rings. The summed E-state index contributed by atoms with van der Waals surface area (Å²) in [7, 11) is 0. The number of fused-ring (bicyclic) bond motifs is 3. The lowest BCUT2D eigenvalue weighted by Crippen LogP contribution is -2.56. The third kappa shape index (κ3) is 4.24. The maximum absolute atomic E-state index is 12.8. The Balaban J connectivity index is 1.23. The molecular weight excluding hydrogens is 454 g/mol. The minimum atomic E-state index is -1.17. The summed E-state index contributed by atoms with van der Waals surface area (Å²) in [6, 6.07) is 16.1. The van der Waals surface area contributed by atoms with Crippen molar-refractivity contribution in [1.82, 2.24) is 10.1 Å². The molecule has 2 N–H and O–H groups in total. The summed E-state index contributed by atoms with van der Waals surface area (Å²) in [5, 5.41) is 15.6. The molecule has 180 valence electrons. The molecule has 3 aromatic rings. The Kier molecular flexibility index (Phi) is 5.96. The van der Waals surface area contributed by atoms with E-state index in [2.05, 4.69) is 10.5 Å². The van der Waals surface area contributed by atoms with Gasteiger partial charge in [-0.3, -0.25) is 10.1 Å². The van der Waals surface area contributed by atoms with E-state index in [1.165, 1.54) is 11.0 Å². The molecule has 0 radical (unpaired) electrons. The molecule has 1 aliphatic heterocycles. The number of ether oxygens (including phenoxy) is 2. The van der Waals surface area contributed by atoms with Gasteiger partial charge in [0.15, 0.2) is 11.7 Å². The van der Waals surface area contributed by atoms with Gasteiger partial charge in [0.1, 0.15) is 6.61 Å². The molecule has 2 unspecified atom stereocenters. The Labute approximate surface area is 200 Å². The molecule has 2 aromatic carbocycles. The zero-order valence-electron chi connectivity index (χ0n) is 18.8. The third-order valence-corrected chi connectivity index (χ3v) is 6.31. The van der Waals surface area contributed by atoms with Crippen LogP contribution in [-0.2, 0) is 14.3 Å². The molecule has 10 heteroatoms. The van der Waals surface area contributed by atoms with Crippen molar-refractivity contribution < 1.29 is 33.5 Å². The summed E-state index contributed by atoms with van der Waals surface area (Å²) < 4.78 is 15.9. The average Bonchev–Trinajstić information content (AvgIpc) is 3.44. The Morgan fingerprint density at radius 2 is 1.77 bits per heavy atom. The van der Waals surface area contributed by atoms with Crippen LogP contribution in [0.3, 0.4) is 0 Å². The molecule has 2 aliphatic rings. The third-order valence-electron chi connectivity index (χ3n) is 6.31. The Morgan fingerprint density at radius 1 is 1.11 bits per heavy atom. The normalized spacial score (nSPS) is 19.1. The van der Waals surface area contributed by atoms with E-state index in [1.54, 1.807) is 6.92 Å². The van der Waals surface area contributed by atoms with Gasteiger partial charge in [0, 0.05) is 18.5 Å². The van der Waals surface area contributed by atoms with Crippen LogP contribution in [0, 0.1) is 0 Å². The van der Waals surface area contributed by atoms with Crippen LogP contribution in [0.5, 0.6) is 0 Å². The van der Waals surface area contributed by atoms with E-state index in [4.69, 9.17) is 14.0 Å². The first-order chi connectivity index (χ1) is 16.9. The Morgan fingerprint density at radius 3 is 2.43 bits per heavy atom. The van der Waals surface area contributed by atoms with Gasteiger partial charge in [0.05, 0.1) is 12.7 Å². The van der Waals surface area contributed by atoms with E-state index < -0.39 is 30.1 Å². The van der Waals surface area contributed by atoms with Gasteiger partial charge < -0.3 is 24.0 Å². The van der Waals surface area contributed by atoms with Gasteiger partial charge in [0.2, 0.25) is 5.88 Å². The highest BCUT2D eigenvalue weighted by molar-refractivity contribution is 5.96. The number of aromatic nitrogens is 1. The average molecular weight is 477 g/mol. The minimum Gasteiger partial charge on any atom is -0.480 e. The fourth-order valence-electron chi connectivity index (χ4n) is 4.70. The molecular formula is C25H23N3O7. The van der Waals surface area contributed by atoms with Gasteiger partial charge in [-0.2, -0.15) is 0 Å². The number of benzene rings is 2. The van der Waals surface area contributed by atoms with Crippen LogP contribution in [-0.4, -0.2) is 65.0 Å². The van der Waals surface area contributed by atoms with E-state index in [1.807, 2.05) is 48.5 Å². The van der Waals surface area contributed by atoms with Crippen LogP contribution in [0.15, 0.2) is 59.1 Å². The zero-order valence-corrected chi connectivity index (χ0v) is 18.8. The van der Waals surface area contributed by atoms with E-state index in [0.717, 1.165) is 22.3 Å². The smallest absolute Gasteiger partial charge is 0.414 e. The monoisotopic (exact) mass is 477 g/mol. The van der Waals surface area contributed by atoms with Gasteiger partial charge in [-0.1, -0.05) is 53.7 Å². The lowest BCUT2D eigenvalue weighted by Gasteiger charge is -2.36. The van der Waals surface area contributed by atoms with Crippen molar-refractivity contribution in [2.45, 2.75) is 25.0 Å². The number of aliphatic carboxylic acids is 1. The van der Waals surface area contributed by atoms with Crippen LogP contribution >= 0.6 is 0 Å². The maximum Gasteiger partial charge on any atom is 0.414 e. The number of carbonyl (C=O) groups is 3. The van der Waals surface area contributed by atoms with Crippen LogP contribution in [0.2, 0.25) is 0 Å². The van der Waals surface area contributed by atoms with Crippen molar-refractivity contribution in [3.05, 3.63) is 71.4 Å². The van der Waals surface area contributed by atoms with Crippen molar-refractivity contribution in [2.24, 2.45) is 0 Å². The molecule has 5 rings (SSSR count). The molecule has 2 heterocycles. The number of nitrogens with zero attached hydrogens (tertiary/aromatic N) is 2. The molecule has 0 bridgehead atoms. The molecule has 2 atom stereocenters. The number of hydrogen-bond acceptors (Lipinski definition) is 7. The van der Waals surface area contributed by atoms with Crippen LogP contribution in [0.1, 0.15) is 34.5 Å². The summed E-state index contributed by atoms with van der Waals surface area (Å²) in [6.45, 7) is 2.01. The highest BCUT2D eigenvalue weighted by Gasteiger charge is 2.39. The Bertz CT molecular complexity index is 1240. The summed E-state index contributed by atoms with van der Waals surface area (Å²) >= 11 is 0. The van der Waals surface area contributed by atoms with Gasteiger partial charge in [0.25, 0.3) is 5.91 Å². The quantitative estimate of drug-likeness (QED) is 0.572. The summed E-state index contributed by atoms with van der Waals surface area (Å²) in [6.07, 6.45) is -1.43. The number of rotatable bonds is 5. The molecule has 0 saturated carbocycles. The standard InChI is InChI=1S/C25H23N3O7/c1-14-22(24(30)31)28(10-11-33-14)23(29)20-12-21(35-27-20)26-25(32)34-13-19-17-8-4-2-6-15(17)16-7-3-5-9-18(16)19/h2-9,12,14,19,22H,10-11,13H2,1H3,(H,26,32)(H,30,31). The number of morpholine rings is 1. The lowest BCUT2D eigenvalue weighted by atomic mass is 9.98. The molecule has 10 nitrogen and oxygen atoms in total. The number of nitrogens with one attached hydrogen (secondary N) is 1. The van der Waals surface area contributed by atoms with Gasteiger partial charge >= 0.3 is 12.1 Å². The number of carbonyl (C=O) groups excluding carboxylic acids is 2. The maximum atomic E-state index is 12.8. The largest absolute Gasteiger partial charge is 0.480 e. The number of hydrogen-bond donors (Lipinski definition) is 2. The first-order valence-electron chi connectivity index (χ1n) is 11.2.